The minimum Gasteiger partial charge on any atom is -0.477 e. The summed E-state index contributed by atoms with van der Waals surface area (Å²) >= 11 is 13.4. The Labute approximate surface area is 226 Å². The zero-order valence-electron chi connectivity index (χ0n) is 19.3. The Hall–Kier alpha value is -3.20. The first-order valence-electron chi connectivity index (χ1n) is 11.0. The summed E-state index contributed by atoms with van der Waals surface area (Å²) < 4.78 is 21.1. The molecule has 0 spiro atoms. The first-order chi connectivity index (χ1) is 17.8. The number of nitrogens with zero attached hydrogens (tertiary/aromatic N) is 3. The number of thiophene rings is 1. The third-order valence-corrected chi connectivity index (χ3v) is 9.47. The Morgan fingerprint density at radius 3 is 2.57 bits per heavy atom. The summed E-state index contributed by atoms with van der Waals surface area (Å²) in [6, 6.07) is 17.4. The Kier molecular flexibility index (Phi) is 7.07. The highest BCUT2D eigenvalue weighted by molar-refractivity contribution is 7.68. The molecule has 188 valence electrons. The topological polar surface area (TPSA) is 106 Å². The molecule has 0 aliphatic carbocycles. The van der Waals surface area contributed by atoms with Crippen LogP contribution in [0.25, 0.3) is 27.3 Å². The van der Waals surface area contributed by atoms with Crippen LogP contribution in [0.1, 0.15) is 16.6 Å². The fourth-order valence-corrected chi connectivity index (χ4v) is 7.35. The maximum absolute atomic E-state index is 13.8. The van der Waals surface area contributed by atoms with E-state index in [0.717, 1.165) is 33.8 Å². The van der Waals surface area contributed by atoms with Gasteiger partial charge in [0.2, 0.25) is 0 Å². The van der Waals surface area contributed by atoms with E-state index in [4.69, 9.17) is 27.7 Å². The Bertz CT molecular complexity index is 1640. The van der Waals surface area contributed by atoms with Crippen LogP contribution >= 0.6 is 42.1 Å². The largest absolute Gasteiger partial charge is 0.477 e. The lowest BCUT2D eigenvalue weighted by Crippen LogP contribution is -2.16. The van der Waals surface area contributed by atoms with Crippen molar-refractivity contribution in [2.75, 3.05) is 11.7 Å². The van der Waals surface area contributed by atoms with Crippen LogP contribution in [0.2, 0.25) is 10.0 Å². The molecule has 2 N–H and O–H groups in total. The van der Waals surface area contributed by atoms with Gasteiger partial charge < -0.3 is 14.7 Å². The Morgan fingerprint density at radius 1 is 1.14 bits per heavy atom. The van der Waals surface area contributed by atoms with E-state index in [0.29, 0.717) is 9.90 Å². The number of benzene rings is 2. The van der Waals surface area contributed by atoms with Crippen LogP contribution in [0.4, 0.5) is 5.69 Å². The molecular formula is C25H19Cl2N4O4PS. The van der Waals surface area contributed by atoms with Crippen LogP contribution in [-0.2, 0) is 9.09 Å². The third kappa shape index (κ3) is 5.14. The van der Waals surface area contributed by atoms with Crippen LogP contribution in [-0.4, -0.2) is 32.3 Å². The summed E-state index contributed by atoms with van der Waals surface area (Å²) in [7, 11) is -3.77. The summed E-state index contributed by atoms with van der Waals surface area (Å²) in [6.45, 7) is 1.80. The van der Waals surface area contributed by atoms with Gasteiger partial charge in [-0.2, -0.15) is 5.10 Å². The molecule has 1 unspecified atom stereocenters. The number of aromatic nitrogens is 3. The van der Waals surface area contributed by atoms with Crippen molar-refractivity contribution in [2.24, 2.45) is 0 Å². The van der Waals surface area contributed by atoms with Crippen molar-refractivity contribution < 1.29 is 19.0 Å². The normalized spacial score (nSPS) is 12.9. The van der Waals surface area contributed by atoms with Gasteiger partial charge in [0, 0.05) is 33.9 Å². The molecular weight excluding hydrogens is 554 g/mol. The van der Waals surface area contributed by atoms with Gasteiger partial charge in [0.15, 0.2) is 5.65 Å². The SMILES string of the molecule is CCOP(=O)(Nc1cc(-c2ccc(-c3cc4ncccn4n3)cc2)sc1C(=O)O)c1ccc(Cl)cc1Cl. The molecule has 0 radical (unpaired) electrons. The minimum absolute atomic E-state index is 0.00415. The molecule has 3 aromatic heterocycles. The lowest BCUT2D eigenvalue weighted by atomic mass is 10.1. The van der Waals surface area contributed by atoms with Crippen molar-refractivity contribution in [3.8, 4) is 21.7 Å². The number of fused-ring (bicyclic) bond motifs is 1. The number of rotatable bonds is 8. The predicted molar refractivity (Wildman–Crippen MR) is 148 cm³/mol. The lowest BCUT2D eigenvalue weighted by Gasteiger charge is -2.21. The van der Waals surface area contributed by atoms with Crippen molar-refractivity contribution in [1.82, 2.24) is 14.6 Å². The third-order valence-electron chi connectivity index (χ3n) is 5.43. The molecule has 12 heteroatoms. The molecule has 0 bridgehead atoms. The maximum Gasteiger partial charge on any atom is 0.348 e. The smallest absolute Gasteiger partial charge is 0.348 e. The van der Waals surface area contributed by atoms with E-state index in [-0.39, 0.29) is 27.5 Å². The van der Waals surface area contributed by atoms with Gasteiger partial charge in [-0.05, 0) is 42.8 Å². The molecule has 0 aliphatic heterocycles. The van der Waals surface area contributed by atoms with E-state index in [1.54, 1.807) is 35.8 Å². The summed E-state index contributed by atoms with van der Waals surface area (Å²) in [6.07, 6.45) is 3.53. The van der Waals surface area contributed by atoms with E-state index >= 15 is 0 Å². The molecule has 5 aromatic rings. The molecule has 0 saturated heterocycles. The van der Waals surface area contributed by atoms with E-state index < -0.39 is 13.5 Å². The lowest BCUT2D eigenvalue weighted by molar-refractivity contribution is 0.0703. The van der Waals surface area contributed by atoms with Crippen LogP contribution in [0.3, 0.4) is 0 Å². The summed E-state index contributed by atoms with van der Waals surface area (Å²) in [5.41, 5.74) is 3.36. The molecule has 3 heterocycles. The summed E-state index contributed by atoms with van der Waals surface area (Å²) in [4.78, 5) is 17.0. The van der Waals surface area contributed by atoms with Gasteiger partial charge in [-0.1, -0.05) is 47.5 Å². The van der Waals surface area contributed by atoms with Crippen molar-refractivity contribution in [3.63, 3.8) is 0 Å². The second-order valence-electron chi connectivity index (χ2n) is 7.86. The number of halogens is 2. The van der Waals surface area contributed by atoms with Crippen molar-refractivity contribution in [2.45, 2.75) is 6.92 Å². The zero-order chi connectivity index (χ0) is 26.2. The summed E-state index contributed by atoms with van der Waals surface area (Å²) in [5, 5.41) is 18.0. The standard InChI is InChI=1S/C25H19Cl2N4O4PS/c1-2-35-36(34,21-9-8-17(26)12-18(21)27)30-20-13-22(37-24(20)25(32)33)16-6-4-15(5-7-16)19-14-23-28-10-3-11-31(23)29-19/h3-14H,2H2,1H3,(H,30,34)(H,32,33). The molecule has 5 rings (SSSR count). The number of carboxylic acids is 1. The predicted octanol–water partition coefficient (Wildman–Crippen LogP) is 7.10. The summed E-state index contributed by atoms with van der Waals surface area (Å²) in [5.74, 6) is -1.15. The van der Waals surface area contributed by atoms with Gasteiger partial charge >= 0.3 is 13.5 Å². The van der Waals surface area contributed by atoms with Gasteiger partial charge in [0.1, 0.15) is 4.88 Å². The second kappa shape index (κ2) is 10.3. The van der Waals surface area contributed by atoms with Gasteiger partial charge in [-0.25, -0.2) is 14.3 Å². The molecule has 0 aliphatic rings. The Morgan fingerprint density at radius 2 is 1.89 bits per heavy atom. The first-order valence-corrected chi connectivity index (χ1v) is 14.2. The van der Waals surface area contributed by atoms with Crippen LogP contribution in [0.15, 0.2) is 73.1 Å². The monoisotopic (exact) mass is 572 g/mol. The van der Waals surface area contributed by atoms with Gasteiger partial charge in [0.05, 0.1) is 28.3 Å². The van der Waals surface area contributed by atoms with Crippen molar-refractivity contribution >= 4 is 64.7 Å². The molecule has 0 saturated carbocycles. The van der Waals surface area contributed by atoms with Crippen LogP contribution in [0.5, 0.6) is 0 Å². The average molecular weight is 573 g/mol. The van der Waals surface area contributed by atoms with E-state index in [1.165, 1.54) is 12.1 Å². The average Bonchev–Trinajstić information content (AvgIpc) is 3.48. The highest BCUT2D eigenvalue weighted by Crippen LogP contribution is 2.50. The number of carbonyl (C=O) groups is 1. The molecule has 0 amide bonds. The molecule has 8 nitrogen and oxygen atoms in total. The fourth-order valence-electron chi connectivity index (χ4n) is 3.77. The number of hydrogen-bond acceptors (Lipinski definition) is 6. The molecule has 1 atom stereocenters. The minimum atomic E-state index is -3.77. The number of anilines is 1. The van der Waals surface area contributed by atoms with E-state index in [2.05, 4.69) is 15.2 Å². The van der Waals surface area contributed by atoms with Crippen LogP contribution in [0, 0.1) is 0 Å². The quantitative estimate of drug-likeness (QED) is 0.191. The maximum atomic E-state index is 13.8. The Balaban J connectivity index is 1.48. The van der Waals surface area contributed by atoms with E-state index in [1.807, 2.05) is 36.5 Å². The fraction of sp³-hybridized carbons (Fsp3) is 0.0800. The van der Waals surface area contributed by atoms with E-state index in [9.17, 15) is 14.5 Å². The molecule has 2 aromatic carbocycles. The van der Waals surface area contributed by atoms with Crippen molar-refractivity contribution in [3.05, 3.63) is 88.0 Å². The van der Waals surface area contributed by atoms with Gasteiger partial charge in [0.25, 0.3) is 0 Å². The van der Waals surface area contributed by atoms with Gasteiger partial charge in [-0.15, -0.1) is 11.3 Å². The van der Waals surface area contributed by atoms with Crippen LogP contribution < -0.4 is 10.4 Å². The zero-order valence-corrected chi connectivity index (χ0v) is 22.5. The number of carboxylic acid groups (broad SMARTS) is 1. The number of aromatic carboxylic acids is 1. The van der Waals surface area contributed by atoms with Crippen molar-refractivity contribution in [1.29, 1.82) is 0 Å². The second-order valence-corrected chi connectivity index (χ2v) is 11.8. The molecule has 37 heavy (non-hydrogen) atoms. The number of nitrogens with one attached hydrogen (secondary N) is 1. The van der Waals surface area contributed by atoms with Gasteiger partial charge in [-0.3, -0.25) is 4.57 Å². The number of hydrogen-bond donors (Lipinski definition) is 2. The highest BCUT2D eigenvalue weighted by Gasteiger charge is 2.31. The first kappa shape index (κ1) is 25.4. The highest BCUT2D eigenvalue weighted by atomic mass is 35.5. The molecule has 0 fully saturated rings.